The summed E-state index contributed by atoms with van der Waals surface area (Å²) < 4.78 is 17.9. The van der Waals surface area contributed by atoms with Gasteiger partial charge in [-0.2, -0.15) is 0 Å². The van der Waals surface area contributed by atoms with E-state index in [1.54, 1.807) is 12.1 Å². The van der Waals surface area contributed by atoms with Gasteiger partial charge in [-0.1, -0.05) is 19.1 Å². The molecule has 0 aliphatic rings. The summed E-state index contributed by atoms with van der Waals surface area (Å²) in [6.07, 6.45) is 0.742. The predicted octanol–water partition coefficient (Wildman–Crippen LogP) is 3.26. The van der Waals surface area contributed by atoms with E-state index >= 15 is 0 Å². The molecule has 27 heavy (non-hydrogen) atoms. The Balaban J connectivity index is 1.87. The molecule has 0 atom stereocenters. The van der Waals surface area contributed by atoms with Gasteiger partial charge in [0.1, 0.15) is 12.4 Å². The first-order valence-corrected chi connectivity index (χ1v) is 8.65. The monoisotopic (exact) mass is 369 g/mol. The summed E-state index contributed by atoms with van der Waals surface area (Å²) in [6.45, 7) is 2.19. The van der Waals surface area contributed by atoms with E-state index in [-0.39, 0.29) is 12.5 Å². The van der Waals surface area contributed by atoms with Crippen molar-refractivity contribution in [3.05, 3.63) is 42.2 Å². The molecule has 0 bridgehead atoms. The molecule has 7 nitrogen and oxygen atoms in total. The van der Waals surface area contributed by atoms with Crippen LogP contribution in [0.1, 0.15) is 12.7 Å². The summed E-state index contributed by atoms with van der Waals surface area (Å²) >= 11 is 0. The molecular formula is C20H23N3O4. The van der Waals surface area contributed by atoms with Crippen molar-refractivity contribution in [2.24, 2.45) is 0 Å². The highest BCUT2D eigenvalue weighted by Crippen LogP contribution is 2.39. The zero-order valence-electron chi connectivity index (χ0n) is 15.9. The second kappa shape index (κ2) is 7.99. The van der Waals surface area contributed by atoms with Crippen LogP contribution in [0.15, 0.2) is 36.4 Å². The van der Waals surface area contributed by atoms with E-state index < -0.39 is 0 Å². The highest BCUT2D eigenvalue weighted by molar-refractivity contribution is 5.92. The second-order valence-corrected chi connectivity index (χ2v) is 5.92. The van der Waals surface area contributed by atoms with E-state index in [4.69, 9.17) is 14.2 Å². The van der Waals surface area contributed by atoms with Gasteiger partial charge in [-0.05, 0) is 12.1 Å². The van der Waals surface area contributed by atoms with Gasteiger partial charge >= 0.3 is 0 Å². The molecule has 2 aromatic carbocycles. The number of fused-ring (bicyclic) bond motifs is 1. The number of carbonyl (C=O) groups is 1. The van der Waals surface area contributed by atoms with Crippen LogP contribution in [0.25, 0.3) is 11.0 Å². The third-order valence-electron chi connectivity index (χ3n) is 4.30. The molecule has 1 N–H and O–H groups in total. The summed E-state index contributed by atoms with van der Waals surface area (Å²) in [5.74, 6) is 2.15. The number of methoxy groups -OCH3 is 3. The number of hydrogen-bond acceptors (Lipinski definition) is 5. The van der Waals surface area contributed by atoms with Crippen LogP contribution in [0.5, 0.6) is 17.2 Å². The third-order valence-corrected chi connectivity index (χ3v) is 4.30. The predicted molar refractivity (Wildman–Crippen MR) is 104 cm³/mol. The fourth-order valence-electron chi connectivity index (χ4n) is 3.07. The third kappa shape index (κ3) is 3.67. The van der Waals surface area contributed by atoms with Gasteiger partial charge in [0.05, 0.1) is 32.4 Å². The number of benzene rings is 2. The molecule has 0 aliphatic carbocycles. The van der Waals surface area contributed by atoms with Gasteiger partial charge in [0, 0.05) is 24.2 Å². The Labute approximate surface area is 157 Å². The Morgan fingerprint density at radius 3 is 2.33 bits per heavy atom. The number of nitrogens with one attached hydrogen (secondary N) is 1. The number of ether oxygens (including phenoxy) is 3. The molecule has 0 saturated heterocycles. The quantitative estimate of drug-likeness (QED) is 0.692. The minimum absolute atomic E-state index is 0.165. The SMILES string of the molecule is CCc1nc2ccccc2n1CC(=O)Nc1cc(OC)c(OC)c(OC)c1. The molecule has 3 aromatic rings. The van der Waals surface area contributed by atoms with Gasteiger partial charge in [-0.3, -0.25) is 4.79 Å². The van der Waals surface area contributed by atoms with Crippen LogP contribution in [0, 0.1) is 0 Å². The van der Waals surface area contributed by atoms with Crippen molar-refractivity contribution in [3.8, 4) is 17.2 Å². The van der Waals surface area contributed by atoms with Crippen LogP contribution in [0.3, 0.4) is 0 Å². The average Bonchev–Trinajstić information content (AvgIpc) is 3.04. The van der Waals surface area contributed by atoms with Crippen LogP contribution >= 0.6 is 0 Å². The fraction of sp³-hybridized carbons (Fsp3) is 0.300. The average molecular weight is 369 g/mol. The Morgan fingerprint density at radius 2 is 1.74 bits per heavy atom. The molecule has 0 saturated carbocycles. The number of nitrogens with zero attached hydrogens (tertiary/aromatic N) is 2. The van der Waals surface area contributed by atoms with Crippen LogP contribution in [0.4, 0.5) is 5.69 Å². The first-order valence-electron chi connectivity index (χ1n) is 8.65. The van der Waals surface area contributed by atoms with Gasteiger partial charge in [-0.15, -0.1) is 0 Å². The molecule has 0 spiro atoms. The highest BCUT2D eigenvalue weighted by atomic mass is 16.5. The minimum Gasteiger partial charge on any atom is -0.493 e. The van der Waals surface area contributed by atoms with Crippen molar-refractivity contribution in [1.82, 2.24) is 9.55 Å². The smallest absolute Gasteiger partial charge is 0.244 e. The van der Waals surface area contributed by atoms with Crippen molar-refractivity contribution in [3.63, 3.8) is 0 Å². The van der Waals surface area contributed by atoms with E-state index in [1.807, 2.05) is 35.8 Å². The van der Waals surface area contributed by atoms with E-state index in [0.29, 0.717) is 22.9 Å². The van der Waals surface area contributed by atoms with E-state index in [2.05, 4.69) is 10.3 Å². The van der Waals surface area contributed by atoms with Crippen molar-refractivity contribution in [2.75, 3.05) is 26.6 Å². The number of aromatic nitrogens is 2. The molecule has 3 rings (SSSR count). The lowest BCUT2D eigenvalue weighted by atomic mass is 10.2. The largest absolute Gasteiger partial charge is 0.493 e. The van der Waals surface area contributed by atoms with Crippen molar-refractivity contribution < 1.29 is 19.0 Å². The van der Waals surface area contributed by atoms with Crippen molar-refractivity contribution >= 4 is 22.6 Å². The maximum absolute atomic E-state index is 12.7. The number of anilines is 1. The van der Waals surface area contributed by atoms with Crippen molar-refractivity contribution in [2.45, 2.75) is 19.9 Å². The molecule has 0 fully saturated rings. The van der Waals surface area contributed by atoms with Crippen LogP contribution < -0.4 is 19.5 Å². The number of imidazole rings is 1. The van der Waals surface area contributed by atoms with Gasteiger partial charge in [0.15, 0.2) is 11.5 Å². The van der Waals surface area contributed by atoms with Gasteiger partial charge < -0.3 is 24.1 Å². The normalized spacial score (nSPS) is 10.7. The second-order valence-electron chi connectivity index (χ2n) is 5.92. The summed E-state index contributed by atoms with van der Waals surface area (Å²) in [4.78, 5) is 17.3. The van der Waals surface area contributed by atoms with Crippen molar-refractivity contribution in [1.29, 1.82) is 0 Å². The lowest BCUT2D eigenvalue weighted by molar-refractivity contribution is -0.116. The van der Waals surface area contributed by atoms with Gasteiger partial charge in [-0.25, -0.2) is 4.98 Å². The fourth-order valence-corrected chi connectivity index (χ4v) is 3.07. The lowest BCUT2D eigenvalue weighted by Crippen LogP contribution is -2.20. The van der Waals surface area contributed by atoms with Gasteiger partial charge in [0.25, 0.3) is 0 Å². The molecule has 0 radical (unpaired) electrons. The summed E-state index contributed by atoms with van der Waals surface area (Å²) in [6, 6.07) is 11.2. The highest BCUT2D eigenvalue weighted by Gasteiger charge is 2.16. The Morgan fingerprint density at radius 1 is 1.07 bits per heavy atom. The summed E-state index contributed by atoms with van der Waals surface area (Å²) in [5.41, 5.74) is 2.39. The van der Waals surface area contributed by atoms with Crippen LogP contribution in [-0.2, 0) is 17.8 Å². The topological polar surface area (TPSA) is 74.6 Å². The first kappa shape index (κ1) is 18.6. The Hall–Kier alpha value is -3.22. The molecule has 1 heterocycles. The summed E-state index contributed by atoms with van der Waals surface area (Å²) in [7, 11) is 4.61. The Bertz CT molecular complexity index is 940. The summed E-state index contributed by atoms with van der Waals surface area (Å²) in [5, 5.41) is 2.89. The number of para-hydroxylation sites is 2. The Kier molecular flexibility index (Phi) is 5.49. The number of rotatable bonds is 7. The zero-order chi connectivity index (χ0) is 19.4. The van der Waals surface area contributed by atoms with Crippen LogP contribution in [0.2, 0.25) is 0 Å². The lowest BCUT2D eigenvalue weighted by Gasteiger charge is -2.15. The number of carbonyl (C=O) groups excluding carboxylic acids is 1. The molecule has 0 unspecified atom stereocenters. The molecule has 7 heteroatoms. The number of amides is 1. The minimum atomic E-state index is -0.165. The molecular weight excluding hydrogens is 346 g/mol. The zero-order valence-corrected chi connectivity index (χ0v) is 15.9. The molecule has 1 amide bonds. The molecule has 142 valence electrons. The molecule has 0 aliphatic heterocycles. The number of aryl methyl sites for hydroxylation is 1. The van der Waals surface area contributed by atoms with Crippen LogP contribution in [-0.4, -0.2) is 36.8 Å². The first-order chi connectivity index (χ1) is 13.1. The maximum atomic E-state index is 12.7. The standard InChI is InChI=1S/C20H23N3O4/c1-5-18-22-14-8-6-7-9-15(14)23(18)12-19(24)21-13-10-16(25-2)20(27-4)17(11-13)26-3/h6-11H,5,12H2,1-4H3,(H,21,24). The maximum Gasteiger partial charge on any atom is 0.244 e. The van der Waals surface area contributed by atoms with E-state index in [9.17, 15) is 4.79 Å². The van der Waals surface area contributed by atoms with E-state index in [0.717, 1.165) is 23.3 Å². The number of hydrogen-bond donors (Lipinski definition) is 1. The van der Waals surface area contributed by atoms with E-state index in [1.165, 1.54) is 21.3 Å². The molecule has 1 aromatic heterocycles. The van der Waals surface area contributed by atoms with Gasteiger partial charge in [0.2, 0.25) is 11.7 Å².